The van der Waals surface area contributed by atoms with Gasteiger partial charge in [0.05, 0.1) is 17.2 Å². The van der Waals surface area contributed by atoms with Crippen molar-refractivity contribution in [1.82, 2.24) is 9.97 Å². The zero-order valence-corrected chi connectivity index (χ0v) is 8.71. The van der Waals surface area contributed by atoms with Gasteiger partial charge in [-0.3, -0.25) is 4.98 Å². The Hall–Kier alpha value is -1.42. The van der Waals surface area contributed by atoms with E-state index in [9.17, 15) is 0 Å². The first-order valence-electron chi connectivity index (χ1n) is 4.40. The minimum atomic E-state index is 0.817. The van der Waals surface area contributed by atoms with Gasteiger partial charge in [-0.1, -0.05) is 0 Å². The summed E-state index contributed by atoms with van der Waals surface area (Å²) in [6.45, 7) is 2.83. The third kappa shape index (κ3) is 2.29. The maximum absolute atomic E-state index is 4.19. The lowest BCUT2D eigenvalue weighted by Crippen LogP contribution is -1.97. The van der Waals surface area contributed by atoms with Gasteiger partial charge in [0.1, 0.15) is 0 Å². The van der Waals surface area contributed by atoms with Crippen LogP contribution in [0, 0.1) is 6.92 Å². The first-order chi connectivity index (χ1) is 6.84. The van der Waals surface area contributed by atoms with Crippen LogP contribution in [0.1, 0.15) is 9.88 Å². The van der Waals surface area contributed by atoms with Crippen LogP contribution in [0.4, 0.5) is 5.69 Å². The quantitative estimate of drug-likeness (QED) is 0.836. The molecule has 0 bridgehead atoms. The van der Waals surface area contributed by atoms with E-state index in [-0.39, 0.29) is 0 Å². The molecule has 0 aliphatic heterocycles. The molecule has 0 saturated carbocycles. The van der Waals surface area contributed by atoms with Gasteiger partial charge in [-0.2, -0.15) is 0 Å². The lowest BCUT2D eigenvalue weighted by molar-refractivity contribution is 1.15. The highest BCUT2D eigenvalue weighted by molar-refractivity contribution is 7.11. The second-order valence-corrected chi connectivity index (χ2v) is 4.26. The third-order valence-corrected chi connectivity index (χ3v) is 2.71. The Morgan fingerprint density at radius 1 is 1.43 bits per heavy atom. The lowest BCUT2D eigenvalue weighted by atomic mass is 10.4. The van der Waals surface area contributed by atoms with Gasteiger partial charge in [0, 0.05) is 23.5 Å². The summed E-state index contributed by atoms with van der Waals surface area (Å²) in [7, 11) is 0. The second kappa shape index (κ2) is 4.19. The van der Waals surface area contributed by atoms with Gasteiger partial charge < -0.3 is 5.32 Å². The number of pyridine rings is 1. The van der Waals surface area contributed by atoms with E-state index in [2.05, 4.69) is 15.3 Å². The molecule has 0 amide bonds. The van der Waals surface area contributed by atoms with Crippen LogP contribution in [0.2, 0.25) is 0 Å². The second-order valence-electron chi connectivity index (χ2n) is 2.94. The average Bonchev–Trinajstić information content (AvgIpc) is 2.63. The molecule has 3 nitrogen and oxygen atoms in total. The van der Waals surface area contributed by atoms with Gasteiger partial charge in [0.15, 0.2) is 0 Å². The van der Waals surface area contributed by atoms with Crippen molar-refractivity contribution in [2.75, 3.05) is 5.32 Å². The maximum Gasteiger partial charge on any atom is 0.0897 e. The summed E-state index contributed by atoms with van der Waals surface area (Å²) in [4.78, 5) is 9.46. The Kier molecular flexibility index (Phi) is 2.74. The smallest absolute Gasteiger partial charge is 0.0897 e. The third-order valence-electron chi connectivity index (χ3n) is 1.80. The molecule has 2 heterocycles. The van der Waals surface area contributed by atoms with Crippen molar-refractivity contribution in [3.8, 4) is 0 Å². The Morgan fingerprint density at radius 2 is 2.36 bits per heavy atom. The molecule has 4 heteroatoms. The summed E-state index contributed by atoms with van der Waals surface area (Å²) >= 11 is 1.71. The number of rotatable bonds is 3. The number of hydrogen-bond donors (Lipinski definition) is 1. The highest BCUT2D eigenvalue weighted by Crippen LogP contribution is 2.13. The molecule has 0 atom stereocenters. The van der Waals surface area contributed by atoms with Gasteiger partial charge >= 0.3 is 0 Å². The van der Waals surface area contributed by atoms with Crippen molar-refractivity contribution in [2.45, 2.75) is 13.5 Å². The molecule has 0 unspecified atom stereocenters. The summed E-state index contributed by atoms with van der Waals surface area (Å²) in [5.74, 6) is 0. The molecular formula is C10H11N3S. The number of nitrogens with one attached hydrogen (secondary N) is 1. The Morgan fingerprint density at radius 3 is 3.00 bits per heavy atom. The van der Waals surface area contributed by atoms with Crippen molar-refractivity contribution in [3.05, 3.63) is 40.6 Å². The van der Waals surface area contributed by atoms with E-state index in [1.54, 1.807) is 17.5 Å². The van der Waals surface area contributed by atoms with Crippen molar-refractivity contribution < 1.29 is 0 Å². The topological polar surface area (TPSA) is 37.8 Å². The monoisotopic (exact) mass is 205 g/mol. The van der Waals surface area contributed by atoms with Crippen LogP contribution in [0.15, 0.2) is 30.7 Å². The van der Waals surface area contributed by atoms with E-state index < -0.39 is 0 Å². The van der Waals surface area contributed by atoms with Gasteiger partial charge in [-0.15, -0.1) is 11.3 Å². The Bertz CT molecular complexity index is 397. The number of nitrogens with zero attached hydrogens (tertiary/aromatic N) is 2. The predicted octanol–water partition coefficient (Wildman–Crippen LogP) is 2.46. The molecule has 0 aliphatic rings. The fourth-order valence-corrected chi connectivity index (χ4v) is 1.88. The van der Waals surface area contributed by atoms with Gasteiger partial charge in [0.2, 0.25) is 0 Å². The van der Waals surface area contributed by atoms with Crippen molar-refractivity contribution in [1.29, 1.82) is 0 Å². The van der Waals surface area contributed by atoms with Gasteiger partial charge in [-0.05, 0) is 19.1 Å². The van der Waals surface area contributed by atoms with Crippen molar-refractivity contribution >= 4 is 17.0 Å². The van der Waals surface area contributed by atoms with Crippen LogP contribution < -0.4 is 5.32 Å². The molecular weight excluding hydrogens is 194 g/mol. The number of thiazole rings is 1. The summed E-state index contributed by atoms with van der Waals surface area (Å²) in [6, 6.07) is 3.92. The number of hydrogen-bond acceptors (Lipinski definition) is 4. The zero-order chi connectivity index (χ0) is 9.80. The fraction of sp³-hybridized carbons (Fsp3) is 0.200. The highest BCUT2D eigenvalue weighted by atomic mass is 32.1. The van der Waals surface area contributed by atoms with Crippen LogP contribution in [-0.2, 0) is 6.54 Å². The summed E-state index contributed by atoms with van der Waals surface area (Å²) in [6.07, 6.45) is 5.49. The normalized spacial score (nSPS) is 10.1. The highest BCUT2D eigenvalue weighted by Gasteiger charge is 1.97. The summed E-state index contributed by atoms with van der Waals surface area (Å²) in [5.41, 5.74) is 1.04. The molecule has 72 valence electrons. The van der Waals surface area contributed by atoms with Crippen LogP contribution in [0.25, 0.3) is 0 Å². The molecule has 0 aromatic carbocycles. The van der Waals surface area contributed by atoms with E-state index in [1.807, 2.05) is 31.5 Å². The number of anilines is 1. The van der Waals surface area contributed by atoms with Crippen LogP contribution >= 0.6 is 11.3 Å². The van der Waals surface area contributed by atoms with Crippen LogP contribution in [0.3, 0.4) is 0 Å². The molecule has 0 saturated heterocycles. The maximum atomic E-state index is 4.19. The number of aromatic nitrogens is 2. The molecule has 14 heavy (non-hydrogen) atoms. The summed E-state index contributed by atoms with van der Waals surface area (Å²) in [5, 5.41) is 4.39. The standard InChI is InChI=1S/C10H11N3S/c1-8-12-6-10(14-8)7-13-9-3-2-4-11-5-9/h2-6,13H,7H2,1H3. The summed E-state index contributed by atoms with van der Waals surface area (Å²) < 4.78 is 0. The zero-order valence-electron chi connectivity index (χ0n) is 7.90. The molecule has 2 rings (SSSR count). The number of aryl methyl sites for hydroxylation is 1. The molecule has 2 aromatic heterocycles. The van der Waals surface area contributed by atoms with Gasteiger partial charge in [0.25, 0.3) is 0 Å². The first-order valence-corrected chi connectivity index (χ1v) is 5.21. The molecule has 0 spiro atoms. The van der Waals surface area contributed by atoms with Crippen molar-refractivity contribution in [3.63, 3.8) is 0 Å². The fourth-order valence-electron chi connectivity index (χ4n) is 1.14. The van der Waals surface area contributed by atoms with E-state index >= 15 is 0 Å². The Balaban J connectivity index is 1.95. The minimum absolute atomic E-state index is 0.817. The van der Waals surface area contributed by atoms with E-state index in [4.69, 9.17) is 0 Å². The molecule has 2 aromatic rings. The van der Waals surface area contributed by atoms with Crippen LogP contribution in [0.5, 0.6) is 0 Å². The molecule has 1 N–H and O–H groups in total. The SMILES string of the molecule is Cc1ncc(CNc2cccnc2)s1. The molecule has 0 aliphatic carbocycles. The van der Waals surface area contributed by atoms with Crippen LogP contribution in [-0.4, -0.2) is 9.97 Å². The minimum Gasteiger partial charge on any atom is -0.379 e. The van der Waals surface area contributed by atoms with E-state index in [0.29, 0.717) is 0 Å². The lowest BCUT2D eigenvalue weighted by Gasteiger charge is -2.02. The average molecular weight is 205 g/mol. The van der Waals surface area contributed by atoms with E-state index in [1.165, 1.54) is 4.88 Å². The van der Waals surface area contributed by atoms with E-state index in [0.717, 1.165) is 17.2 Å². The van der Waals surface area contributed by atoms with Crippen molar-refractivity contribution in [2.24, 2.45) is 0 Å². The molecule has 0 radical (unpaired) electrons. The predicted molar refractivity (Wildman–Crippen MR) is 58.4 cm³/mol. The Labute approximate surface area is 86.8 Å². The first kappa shape index (κ1) is 9.15. The molecule has 0 fully saturated rings. The van der Waals surface area contributed by atoms with Gasteiger partial charge in [-0.25, -0.2) is 4.98 Å². The largest absolute Gasteiger partial charge is 0.379 e.